The summed E-state index contributed by atoms with van der Waals surface area (Å²) in [5, 5.41) is 17.4. The van der Waals surface area contributed by atoms with Crippen LogP contribution >= 0.6 is 11.8 Å². The van der Waals surface area contributed by atoms with Gasteiger partial charge in [0.25, 0.3) is 0 Å². The Morgan fingerprint density at radius 1 is 0.933 bits per heavy atom. The van der Waals surface area contributed by atoms with Gasteiger partial charge in [-0.1, -0.05) is 18.4 Å². The summed E-state index contributed by atoms with van der Waals surface area (Å²) in [6, 6.07) is 4.17. The molecule has 9 heteroatoms. The van der Waals surface area contributed by atoms with Crippen molar-refractivity contribution in [2.45, 2.75) is 94.7 Å². The molecule has 0 aromatic heterocycles. The molecular weight excluding hydrogens is 426 g/mol. The summed E-state index contributed by atoms with van der Waals surface area (Å²) in [6.45, 7) is 0. The summed E-state index contributed by atoms with van der Waals surface area (Å²) in [4.78, 5) is 0. The van der Waals surface area contributed by atoms with Crippen LogP contribution in [0.25, 0.3) is 0 Å². The standard InChI is InChI=1S/C11H14F3N.C10H14F3NS/c12-11(13,14)7-3-6-10(8-15)9-4-1-2-5-9;11-10(12,13)5-6-15-9(7-14)8-3-1-2-4-8/h1-7H2;8-9H,1-6H2. The fraction of sp³-hybridized carbons (Fsp3) is 0.810. The zero-order valence-corrected chi connectivity index (χ0v) is 17.7. The topological polar surface area (TPSA) is 47.6 Å². The van der Waals surface area contributed by atoms with Crippen molar-refractivity contribution < 1.29 is 26.3 Å². The molecule has 0 aromatic rings. The highest BCUT2D eigenvalue weighted by molar-refractivity contribution is 8.00. The minimum atomic E-state index is -4.10. The predicted octanol–water partition coefficient (Wildman–Crippen LogP) is 7.87. The summed E-state index contributed by atoms with van der Waals surface area (Å²) in [5.41, 5.74) is 1.68. The van der Waals surface area contributed by atoms with Crippen molar-refractivity contribution in [1.29, 1.82) is 10.5 Å². The van der Waals surface area contributed by atoms with E-state index in [1.54, 1.807) is 0 Å². The van der Waals surface area contributed by atoms with Crippen molar-refractivity contribution in [3.63, 3.8) is 0 Å². The molecule has 0 aliphatic heterocycles. The summed E-state index contributed by atoms with van der Waals surface area (Å²) in [7, 11) is 0. The van der Waals surface area contributed by atoms with E-state index in [4.69, 9.17) is 10.5 Å². The number of nitriles is 2. The minimum Gasteiger partial charge on any atom is -0.197 e. The molecule has 0 aromatic carbocycles. The molecule has 1 atom stereocenters. The first-order valence-corrected chi connectivity index (χ1v) is 11.4. The van der Waals surface area contributed by atoms with E-state index in [1.165, 1.54) is 0 Å². The smallest absolute Gasteiger partial charge is 0.197 e. The monoisotopic (exact) mass is 454 g/mol. The number of hydrogen-bond donors (Lipinski definition) is 0. The second kappa shape index (κ2) is 13.1. The Morgan fingerprint density at radius 3 is 1.97 bits per heavy atom. The average Bonchev–Trinajstić information content (AvgIpc) is 3.35. The molecule has 2 nitrogen and oxygen atoms in total. The Labute approximate surface area is 178 Å². The van der Waals surface area contributed by atoms with E-state index in [0.717, 1.165) is 68.7 Å². The minimum absolute atomic E-state index is 0.0121. The largest absolute Gasteiger partial charge is 0.389 e. The predicted molar refractivity (Wildman–Crippen MR) is 106 cm³/mol. The lowest BCUT2D eigenvalue weighted by Gasteiger charge is -2.15. The molecule has 2 aliphatic carbocycles. The molecule has 2 fully saturated rings. The molecule has 2 saturated carbocycles. The highest BCUT2D eigenvalue weighted by Gasteiger charge is 2.30. The maximum absolute atomic E-state index is 11.9. The third kappa shape index (κ3) is 11.7. The van der Waals surface area contributed by atoms with Gasteiger partial charge < -0.3 is 0 Å². The summed E-state index contributed by atoms with van der Waals surface area (Å²) in [5.74, 6) is 0.325. The van der Waals surface area contributed by atoms with Gasteiger partial charge >= 0.3 is 12.4 Å². The van der Waals surface area contributed by atoms with E-state index in [9.17, 15) is 26.3 Å². The van der Waals surface area contributed by atoms with Crippen LogP contribution in [0, 0.1) is 28.6 Å². The van der Waals surface area contributed by atoms with Crippen LogP contribution in [0.5, 0.6) is 0 Å². The molecule has 0 bridgehead atoms. The lowest BCUT2D eigenvalue weighted by Crippen LogP contribution is -2.15. The van der Waals surface area contributed by atoms with E-state index in [0.29, 0.717) is 11.5 Å². The van der Waals surface area contributed by atoms with Gasteiger partial charge in [-0.05, 0) is 57.3 Å². The van der Waals surface area contributed by atoms with Gasteiger partial charge in [0.1, 0.15) is 0 Å². The van der Waals surface area contributed by atoms with E-state index in [-0.39, 0.29) is 23.8 Å². The molecule has 0 radical (unpaired) electrons. The summed E-state index contributed by atoms with van der Waals surface area (Å²) < 4.78 is 71.3. The van der Waals surface area contributed by atoms with Crippen molar-refractivity contribution in [1.82, 2.24) is 0 Å². The van der Waals surface area contributed by atoms with Crippen LogP contribution < -0.4 is 0 Å². The highest BCUT2D eigenvalue weighted by atomic mass is 32.2. The SMILES string of the molecule is N#CC(CCCC(F)(F)F)=C1CCCC1.N#CC(SCCC(F)(F)F)C1CCCC1. The first-order chi connectivity index (χ1) is 14.1. The van der Waals surface area contributed by atoms with Crippen LogP contribution in [0.2, 0.25) is 0 Å². The third-order valence-electron chi connectivity index (χ3n) is 5.29. The van der Waals surface area contributed by atoms with Crippen LogP contribution in [-0.2, 0) is 0 Å². The lowest BCUT2D eigenvalue weighted by molar-refractivity contribution is -0.135. The fourth-order valence-corrected chi connectivity index (χ4v) is 4.94. The first kappa shape index (κ1) is 26.7. The van der Waals surface area contributed by atoms with Gasteiger partial charge in [0.15, 0.2) is 0 Å². The number of thioether (sulfide) groups is 1. The highest BCUT2D eigenvalue weighted by Crippen LogP contribution is 2.35. The summed E-state index contributed by atoms with van der Waals surface area (Å²) >= 11 is 1.16. The first-order valence-electron chi connectivity index (χ1n) is 10.3. The number of hydrogen-bond acceptors (Lipinski definition) is 3. The Balaban J connectivity index is 0.000000300. The van der Waals surface area contributed by atoms with Gasteiger partial charge in [0.05, 0.1) is 23.8 Å². The maximum Gasteiger partial charge on any atom is 0.389 e. The molecule has 2 rings (SSSR count). The van der Waals surface area contributed by atoms with Crippen LogP contribution in [0.3, 0.4) is 0 Å². The molecule has 2 aliphatic rings. The van der Waals surface area contributed by atoms with Gasteiger partial charge in [-0.25, -0.2) is 0 Å². The van der Waals surface area contributed by atoms with Crippen LogP contribution in [-0.4, -0.2) is 23.4 Å². The molecule has 0 N–H and O–H groups in total. The molecule has 30 heavy (non-hydrogen) atoms. The number of nitrogens with zero attached hydrogens (tertiary/aromatic N) is 2. The fourth-order valence-electron chi connectivity index (χ4n) is 3.72. The molecule has 0 spiro atoms. The van der Waals surface area contributed by atoms with Gasteiger partial charge in [0.2, 0.25) is 0 Å². The molecule has 1 unspecified atom stereocenters. The van der Waals surface area contributed by atoms with E-state index in [2.05, 4.69) is 6.07 Å². The number of halogens is 6. The Bertz CT molecular complexity index is 613. The van der Waals surface area contributed by atoms with Crippen LogP contribution in [0.15, 0.2) is 11.1 Å². The van der Waals surface area contributed by atoms with Crippen molar-refractivity contribution in [2.24, 2.45) is 5.92 Å². The Kier molecular flexibility index (Phi) is 11.7. The average molecular weight is 455 g/mol. The van der Waals surface area contributed by atoms with Crippen molar-refractivity contribution in [3.8, 4) is 12.1 Å². The third-order valence-corrected chi connectivity index (χ3v) is 6.58. The van der Waals surface area contributed by atoms with E-state index >= 15 is 0 Å². The number of allylic oxidation sites excluding steroid dienone is 2. The number of alkyl halides is 6. The second-order valence-corrected chi connectivity index (χ2v) is 8.95. The zero-order chi connectivity index (χ0) is 22.6. The maximum atomic E-state index is 11.9. The lowest BCUT2D eigenvalue weighted by atomic mass is 10.0. The van der Waals surface area contributed by atoms with Crippen molar-refractivity contribution in [3.05, 3.63) is 11.1 Å². The Morgan fingerprint density at radius 2 is 1.50 bits per heavy atom. The molecule has 170 valence electrons. The quantitative estimate of drug-likeness (QED) is 0.290. The van der Waals surface area contributed by atoms with Gasteiger partial charge in [0, 0.05) is 17.7 Å². The van der Waals surface area contributed by atoms with Crippen molar-refractivity contribution in [2.75, 3.05) is 5.75 Å². The molecular formula is C21H28F6N2S. The molecule has 0 heterocycles. The van der Waals surface area contributed by atoms with E-state index < -0.39 is 25.2 Å². The number of rotatable bonds is 7. The van der Waals surface area contributed by atoms with Gasteiger partial charge in [-0.15, -0.1) is 11.8 Å². The van der Waals surface area contributed by atoms with Crippen LogP contribution in [0.4, 0.5) is 26.3 Å². The Hall–Kier alpha value is -1.35. The van der Waals surface area contributed by atoms with E-state index in [1.807, 2.05) is 6.07 Å². The summed E-state index contributed by atoms with van der Waals surface area (Å²) in [6.07, 6.45) is -1.29. The molecule has 0 saturated heterocycles. The van der Waals surface area contributed by atoms with Gasteiger partial charge in [-0.3, -0.25) is 0 Å². The van der Waals surface area contributed by atoms with Crippen LogP contribution in [0.1, 0.15) is 77.0 Å². The zero-order valence-electron chi connectivity index (χ0n) is 16.9. The van der Waals surface area contributed by atoms with Gasteiger partial charge in [-0.2, -0.15) is 36.9 Å². The molecule has 0 amide bonds. The normalized spacial score (nSPS) is 18.3. The second-order valence-electron chi connectivity index (χ2n) is 7.70. The van der Waals surface area contributed by atoms with Crippen molar-refractivity contribution >= 4 is 11.8 Å².